The quantitative estimate of drug-likeness (QED) is 0.285. The van der Waals surface area contributed by atoms with E-state index in [2.05, 4.69) is 104 Å². The van der Waals surface area contributed by atoms with Gasteiger partial charge in [-0.25, -0.2) is 4.79 Å². The van der Waals surface area contributed by atoms with Crippen molar-refractivity contribution in [1.29, 1.82) is 0 Å². The van der Waals surface area contributed by atoms with E-state index in [4.69, 9.17) is 4.98 Å². The number of piperazine rings is 1. The van der Waals surface area contributed by atoms with Crippen LogP contribution >= 0.6 is 0 Å². The van der Waals surface area contributed by atoms with E-state index in [0.717, 1.165) is 84.3 Å². The summed E-state index contributed by atoms with van der Waals surface area (Å²) in [7, 11) is 4.03. The van der Waals surface area contributed by atoms with Gasteiger partial charge in [-0.2, -0.15) is 0 Å². The molecule has 7 nitrogen and oxygen atoms in total. The molecule has 2 heterocycles. The monoisotopic (exact) mass is 568 g/mol. The number of benzene rings is 2. The molecule has 3 aromatic rings. The molecule has 0 aliphatic carbocycles. The zero-order chi connectivity index (χ0) is 30.4. The molecule has 42 heavy (non-hydrogen) atoms. The van der Waals surface area contributed by atoms with Crippen LogP contribution in [0.2, 0.25) is 0 Å². The lowest BCUT2D eigenvalue weighted by Gasteiger charge is -2.32. The van der Waals surface area contributed by atoms with Crippen molar-refractivity contribution in [2.24, 2.45) is 10.9 Å². The van der Waals surface area contributed by atoms with Crippen LogP contribution in [0.3, 0.4) is 0 Å². The second-order valence-electron chi connectivity index (χ2n) is 12.7. The van der Waals surface area contributed by atoms with E-state index < -0.39 is 0 Å². The second-order valence-corrected chi connectivity index (χ2v) is 12.7. The average Bonchev–Trinajstić information content (AvgIpc) is 2.95. The van der Waals surface area contributed by atoms with Crippen molar-refractivity contribution < 1.29 is 4.79 Å². The summed E-state index contributed by atoms with van der Waals surface area (Å²) in [5, 5.41) is 5.94. The molecule has 7 heteroatoms. The first kappa shape index (κ1) is 31.4. The molecule has 0 atom stereocenters. The van der Waals surface area contributed by atoms with E-state index in [-0.39, 0.29) is 17.4 Å². The fraction of sp³-hybridized carbons (Fsp3) is 0.457. The minimum atomic E-state index is -0.261. The van der Waals surface area contributed by atoms with Gasteiger partial charge in [0.2, 0.25) is 0 Å². The van der Waals surface area contributed by atoms with E-state index in [9.17, 15) is 4.79 Å². The Morgan fingerprint density at radius 1 is 0.952 bits per heavy atom. The van der Waals surface area contributed by atoms with Crippen LogP contribution in [-0.4, -0.2) is 66.8 Å². The molecule has 0 unspecified atom stereocenters. The molecule has 1 saturated heterocycles. The first-order valence-corrected chi connectivity index (χ1v) is 15.2. The normalized spacial score (nSPS) is 15.2. The highest BCUT2D eigenvalue weighted by atomic mass is 16.2. The van der Waals surface area contributed by atoms with Gasteiger partial charge < -0.3 is 15.5 Å². The maximum absolute atomic E-state index is 12.8. The lowest BCUT2D eigenvalue weighted by atomic mass is 9.84. The maximum atomic E-state index is 12.8. The number of carbonyl (C=O) groups excluding carboxylic acids is 1. The number of aliphatic imine (C=N–C) groups is 1. The van der Waals surface area contributed by atoms with Crippen LogP contribution < -0.4 is 10.6 Å². The smallest absolute Gasteiger partial charge is 0.308 e. The summed E-state index contributed by atoms with van der Waals surface area (Å²) in [5.41, 5.74) is 9.21. The van der Waals surface area contributed by atoms with Gasteiger partial charge in [-0.3, -0.25) is 14.9 Å². The molecule has 0 bridgehead atoms. The van der Waals surface area contributed by atoms with E-state index in [0.29, 0.717) is 0 Å². The number of hydrogen-bond donors (Lipinski definition) is 2. The molecule has 1 fully saturated rings. The fourth-order valence-electron chi connectivity index (χ4n) is 5.39. The van der Waals surface area contributed by atoms with Gasteiger partial charge in [-0.1, -0.05) is 65.8 Å². The number of carbonyl (C=O) groups is 1. The summed E-state index contributed by atoms with van der Waals surface area (Å²) >= 11 is 0. The van der Waals surface area contributed by atoms with E-state index in [1.54, 1.807) is 0 Å². The Bertz CT molecular complexity index is 1380. The number of pyridine rings is 1. The molecule has 2 N–H and O–H groups in total. The Hall–Kier alpha value is -3.55. The maximum Gasteiger partial charge on any atom is 0.323 e. The summed E-state index contributed by atoms with van der Waals surface area (Å²) in [6, 6.07) is 18.1. The van der Waals surface area contributed by atoms with Crippen LogP contribution in [0.15, 0.2) is 59.6 Å². The van der Waals surface area contributed by atoms with Gasteiger partial charge in [0.05, 0.1) is 5.69 Å². The molecule has 1 aromatic heterocycles. The van der Waals surface area contributed by atoms with Gasteiger partial charge >= 0.3 is 6.03 Å². The highest BCUT2D eigenvalue weighted by molar-refractivity contribution is 6.08. The molecule has 2 aromatic carbocycles. The first-order chi connectivity index (χ1) is 20.0. The second kappa shape index (κ2) is 13.6. The van der Waals surface area contributed by atoms with Gasteiger partial charge in [0.15, 0.2) is 0 Å². The summed E-state index contributed by atoms with van der Waals surface area (Å²) in [4.78, 5) is 27.4. The van der Waals surface area contributed by atoms with E-state index in [1.165, 1.54) is 5.56 Å². The standard InChI is InChI=1S/C35H48N6O/c1-9-30-32(33(36-7)24(2)3)29(22-31(39-30)35(4,5)6)26-12-16-28(17-13-26)38-34(42)37-27-14-10-25(11-15-27)23-41-20-18-40(8)19-21-41/h10-17,22,24H,9,18-21,23H2,1-8H3,(H2,37,38,42). The van der Waals surface area contributed by atoms with Crippen LogP contribution in [0.25, 0.3) is 11.1 Å². The highest BCUT2D eigenvalue weighted by Gasteiger charge is 2.24. The molecule has 0 spiro atoms. The van der Waals surface area contributed by atoms with E-state index >= 15 is 0 Å². The third kappa shape index (κ3) is 7.84. The van der Waals surface area contributed by atoms with Gasteiger partial charge in [-0.15, -0.1) is 0 Å². The molecule has 1 aliphatic heterocycles. The van der Waals surface area contributed by atoms with Crippen LogP contribution in [0, 0.1) is 5.92 Å². The van der Waals surface area contributed by atoms with Crippen molar-refractivity contribution >= 4 is 23.1 Å². The van der Waals surface area contributed by atoms with Crippen LogP contribution in [0.5, 0.6) is 0 Å². The Morgan fingerprint density at radius 2 is 1.52 bits per heavy atom. The van der Waals surface area contributed by atoms with Crippen molar-refractivity contribution in [2.75, 3.05) is 50.9 Å². The summed E-state index contributed by atoms with van der Waals surface area (Å²) in [5.74, 6) is 0.270. The number of anilines is 2. The number of nitrogens with zero attached hydrogens (tertiary/aromatic N) is 4. The Balaban J connectivity index is 1.48. The first-order valence-electron chi connectivity index (χ1n) is 15.2. The number of amides is 2. The van der Waals surface area contributed by atoms with Crippen molar-refractivity contribution in [2.45, 2.75) is 59.9 Å². The van der Waals surface area contributed by atoms with Crippen LogP contribution in [-0.2, 0) is 18.4 Å². The van der Waals surface area contributed by atoms with Gasteiger partial charge in [0.25, 0.3) is 0 Å². The molecule has 0 radical (unpaired) electrons. The predicted molar refractivity (Wildman–Crippen MR) is 177 cm³/mol. The number of rotatable bonds is 8. The highest BCUT2D eigenvalue weighted by Crippen LogP contribution is 2.34. The fourth-order valence-corrected chi connectivity index (χ4v) is 5.39. The van der Waals surface area contributed by atoms with Crippen molar-refractivity contribution in [1.82, 2.24) is 14.8 Å². The zero-order valence-electron chi connectivity index (χ0n) is 26.7. The molecular formula is C35H48N6O. The minimum absolute atomic E-state index is 0.0824. The Kier molecular flexibility index (Phi) is 10.2. The van der Waals surface area contributed by atoms with Crippen molar-refractivity contribution in [3.8, 4) is 11.1 Å². The minimum Gasteiger partial charge on any atom is -0.308 e. The van der Waals surface area contributed by atoms with Crippen molar-refractivity contribution in [3.63, 3.8) is 0 Å². The third-order valence-electron chi connectivity index (χ3n) is 7.91. The number of hydrogen-bond acceptors (Lipinski definition) is 5. The Labute approximate surface area is 252 Å². The molecule has 1 aliphatic rings. The van der Waals surface area contributed by atoms with E-state index in [1.807, 2.05) is 31.3 Å². The molecule has 2 amide bonds. The van der Waals surface area contributed by atoms with Gasteiger partial charge in [-0.05, 0) is 66.4 Å². The largest absolute Gasteiger partial charge is 0.323 e. The summed E-state index contributed by atoms with van der Waals surface area (Å²) in [6.45, 7) is 18.4. The third-order valence-corrected chi connectivity index (χ3v) is 7.91. The van der Waals surface area contributed by atoms with Crippen LogP contribution in [0.4, 0.5) is 16.2 Å². The Morgan fingerprint density at radius 3 is 2.02 bits per heavy atom. The zero-order valence-corrected chi connectivity index (χ0v) is 26.7. The average molecular weight is 569 g/mol. The number of aromatic nitrogens is 1. The topological polar surface area (TPSA) is 72.9 Å². The number of aryl methyl sites for hydroxylation is 1. The van der Waals surface area contributed by atoms with Crippen LogP contribution in [0.1, 0.15) is 64.1 Å². The van der Waals surface area contributed by atoms with Gasteiger partial charge in [0.1, 0.15) is 0 Å². The predicted octanol–water partition coefficient (Wildman–Crippen LogP) is 7.07. The lowest BCUT2D eigenvalue weighted by Crippen LogP contribution is -2.43. The number of likely N-dealkylation sites (N-methyl/N-ethyl adjacent to an activating group) is 1. The van der Waals surface area contributed by atoms with Crippen molar-refractivity contribution in [3.05, 3.63) is 77.1 Å². The number of urea groups is 1. The molecule has 0 saturated carbocycles. The molecule has 224 valence electrons. The molecule has 4 rings (SSSR count). The summed E-state index contributed by atoms with van der Waals surface area (Å²) < 4.78 is 0. The number of nitrogens with one attached hydrogen (secondary N) is 2. The SMILES string of the molecule is CCc1nc(C(C)(C)C)cc(-c2ccc(NC(=O)Nc3ccc(CN4CCN(C)CC4)cc3)cc2)c1C(=NC)C(C)C. The van der Waals surface area contributed by atoms with Gasteiger partial charge in [0, 0.05) is 73.5 Å². The summed E-state index contributed by atoms with van der Waals surface area (Å²) in [6.07, 6.45) is 0.828. The lowest BCUT2D eigenvalue weighted by molar-refractivity contribution is 0.148. The molecular weight excluding hydrogens is 520 g/mol.